The van der Waals surface area contributed by atoms with E-state index in [0.29, 0.717) is 0 Å². The van der Waals surface area contributed by atoms with Crippen molar-refractivity contribution in [1.82, 2.24) is 15.5 Å². The van der Waals surface area contributed by atoms with Crippen LogP contribution < -0.4 is 11.1 Å². The van der Waals surface area contributed by atoms with E-state index in [1.165, 1.54) is 6.07 Å². The Morgan fingerprint density at radius 3 is 2.93 bits per heavy atom. The van der Waals surface area contributed by atoms with Crippen LogP contribution >= 0.6 is 0 Å². The molecule has 0 radical (unpaired) electrons. The van der Waals surface area contributed by atoms with Crippen molar-refractivity contribution in [2.75, 3.05) is 18.9 Å². The van der Waals surface area contributed by atoms with E-state index in [9.17, 15) is 9.59 Å². The summed E-state index contributed by atoms with van der Waals surface area (Å²) in [5.74, 6) is -0.720. The van der Waals surface area contributed by atoms with Crippen molar-refractivity contribution in [3.05, 3.63) is 11.8 Å². The van der Waals surface area contributed by atoms with Crippen molar-refractivity contribution in [1.29, 1.82) is 0 Å². The van der Waals surface area contributed by atoms with Gasteiger partial charge in [0.25, 0.3) is 5.91 Å². The van der Waals surface area contributed by atoms with E-state index in [-0.39, 0.29) is 24.7 Å². The van der Waals surface area contributed by atoms with Crippen LogP contribution in [0.4, 0.5) is 5.82 Å². The number of esters is 1. The minimum atomic E-state index is -0.488. The van der Waals surface area contributed by atoms with Crippen molar-refractivity contribution in [3.8, 4) is 0 Å². The molecule has 0 fully saturated rings. The Morgan fingerprint density at radius 1 is 1.67 bits per heavy atom. The van der Waals surface area contributed by atoms with Gasteiger partial charge in [-0.1, -0.05) is 0 Å². The zero-order valence-corrected chi connectivity index (χ0v) is 8.24. The maximum absolute atomic E-state index is 11.3. The highest BCUT2D eigenvalue weighted by atomic mass is 16.5. The Balaban J connectivity index is 2.40. The number of aromatic nitrogens is 2. The van der Waals surface area contributed by atoms with Crippen molar-refractivity contribution in [2.45, 2.75) is 6.92 Å². The first-order chi connectivity index (χ1) is 7.13. The molecule has 1 rings (SSSR count). The van der Waals surface area contributed by atoms with Crippen molar-refractivity contribution in [2.24, 2.45) is 0 Å². The number of nitrogen functional groups attached to an aromatic ring is 1. The molecular formula is C8H12N4O3. The number of hydrogen-bond acceptors (Lipinski definition) is 5. The molecule has 0 saturated heterocycles. The van der Waals surface area contributed by atoms with Gasteiger partial charge in [0.2, 0.25) is 0 Å². The zero-order chi connectivity index (χ0) is 11.3. The third-order valence-electron chi connectivity index (χ3n) is 1.54. The maximum atomic E-state index is 11.3. The number of anilines is 1. The lowest BCUT2D eigenvalue weighted by atomic mass is 10.4. The van der Waals surface area contributed by atoms with Crippen LogP contribution in [0.25, 0.3) is 0 Å². The fraction of sp³-hybridized carbons (Fsp3) is 0.375. The van der Waals surface area contributed by atoms with Crippen LogP contribution in [0.1, 0.15) is 17.4 Å². The minimum Gasteiger partial charge on any atom is -0.465 e. The molecule has 1 amide bonds. The molecule has 4 N–H and O–H groups in total. The van der Waals surface area contributed by atoms with Gasteiger partial charge in [0.05, 0.1) is 6.61 Å². The van der Waals surface area contributed by atoms with Crippen LogP contribution in [0.3, 0.4) is 0 Å². The summed E-state index contributed by atoms with van der Waals surface area (Å²) in [5.41, 5.74) is 5.51. The summed E-state index contributed by atoms with van der Waals surface area (Å²) >= 11 is 0. The maximum Gasteiger partial charge on any atom is 0.325 e. The molecule has 1 aromatic heterocycles. The molecule has 0 spiro atoms. The smallest absolute Gasteiger partial charge is 0.325 e. The molecule has 7 nitrogen and oxygen atoms in total. The van der Waals surface area contributed by atoms with E-state index in [1.807, 2.05) is 0 Å². The first-order valence-corrected chi connectivity index (χ1v) is 4.38. The van der Waals surface area contributed by atoms with Gasteiger partial charge in [-0.15, -0.1) is 0 Å². The Kier molecular flexibility index (Phi) is 3.67. The first kappa shape index (κ1) is 11.0. The van der Waals surface area contributed by atoms with Gasteiger partial charge >= 0.3 is 5.97 Å². The van der Waals surface area contributed by atoms with Crippen LogP contribution in [-0.2, 0) is 9.53 Å². The zero-order valence-electron chi connectivity index (χ0n) is 8.24. The number of nitrogens with one attached hydrogen (secondary N) is 2. The molecule has 0 bridgehead atoms. The number of rotatable bonds is 4. The standard InChI is InChI=1S/C8H12N4O3/c1-2-15-7(13)4-10-8(14)5-3-6(9)12-11-5/h3H,2,4H2,1H3,(H,10,14)(H3,9,11,12). The van der Waals surface area contributed by atoms with E-state index in [4.69, 9.17) is 5.73 Å². The summed E-state index contributed by atoms with van der Waals surface area (Å²) < 4.78 is 4.63. The number of ether oxygens (including phenoxy) is 1. The summed E-state index contributed by atoms with van der Waals surface area (Å²) in [5, 5.41) is 8.36. The van der Waals surface area contributed by atoms with Gasteiger partial charge in [0.1, 0.15) is 18.1 Å². The molecule has 1 heterocycles. The monoisotopic (exact) mass is 212 g/mol. The van der Waals surface area contributed by atoms with E-state index >= 15 is 0 Å². The molecule has 82 valence electrons. The Bertz CT molecular complexity index is 361. The van der Waals surface area contributed by atoms with Gasteiger partial charge in [-0.3, -0.25) is 14.7 Å². The van der Waals surface area contributed by atoms with Crippen molar-refractivity contribution >= 4 is 17.7 Å². The fourth-order valence-corrected chi connectivity index (χ4v) is 0.913. The molecule has 0 aliphatic rings. The predicted molar refractivity (Wildman–Crippen MR) is 52.0 cm³/mol. The number of amides is 1. The number of H-pyrrole nitrogens is 1. The van der Waals surface area contributed by atoms with Gasteiger partial charge < -0.3 is 15.8 Å². The third kappa shape index (κ3) is 3.29. The number of nitrogens with two attached hydrogens (primary N) is 1. The average Bonchev–Trinajstić information content (AvgIpc) is 2.62. The van der Waals surface area contributed by atoms with Crippen LogP contribution in [0.15, 0.2) is 6.07 Å². The highest BCUT2D eigenvalue weighted by Gasteiger charge is 2.10. The fourth-order valence-electron chi connectivity index (χ4n) is 0.913. The number of aromatic amines is 1. The third-order valence-corrected chi connectivity index (χ3v) is 1.54. The lowest BCUT2D eigenvalue weighted by molar-refractivity contribution is -0.141. The van der Waals surface area contributed by atoms with Crippen LogP contribution in [0.2, 0.25) is 0 Å². The Hall–Kier alpha value is -2.05. The number of nitrogens with zero attached hydrogens (tertiary/aromatic N) is 1. The highest BCUT2D eigenvalue weighted by Crippen LogP contribution is 1.99. The Labute approximate surface area is 86.0 Å². The summed E-state index contributed by atoms with van der Waals surface area (Å²) in [4.78, 5) is 22.2. The molecule has 0 aliphatic carbocycles. The second-order valence-corrected chi connectivity index (χ2v) is 2.69. The molecule has 1 aromatic rings. The van der Waals surface area contributed by atoms with Crippen molar-refractivity contribution < 1.29 is 14.3 Å². The average molecular weight is 212 g/mol. The molecule has 0 aliphatic heterocycles. The summed E-state index contributed by atoms with van der Waals surface area (Å²) in [6.07, 6.45) is 0. The lowest BCUT2D eigenvalue weighted by Gasteiger charge is -2.02. The topological polar surface area (TPSA) is 110 Å². The van der Waals surface area contributed by atoms with Gasteiger partial charge in [0, 0.05) is 6.07 Å². The summed E-state index contributed by atoms with van der Waals surface area (Å²) in [6.45, 7) is 1.80. The quantitative estimate of drug-likeness (QED) is 0.571. The van der Waals surface area contributed by atoms with Crippen LogP contribution in [0, 0.1) is 0 Å². The van der Waals surface area contributed by atoms with E-state index < -0.39 is 11.9 Å². The molecular weight excluding hydrogens is 200 g/mol. The Morgan fingerprint density at radius 2 is 2.40 bits per heavy atom. The second-order valence-electron chi connectivity index (χ2n) is 2.69. The molecule has 0 atom stereocenters. The number of carbonyl (C=O) groups excluding carboxylic acids is 2. The molecule has 0 saturated carbocycles. The van der Waals surface area contributed by atoms with E-state index in [2.05, 4.69) is 20.3 Å². The summed E-state index contributed by atoms with van der Waals surface area (Å²) in [6, 6.07) is 1.38. The van der Waals surface area contributed by atoms with Crippen LogP contribution in [0.5, 0.6) is 0 Å². The lowest BCUT2D eigenvalue weighted by Crippen LogP contribution is -2.30. The van der Waals surface area contributed by atoms with Crippen LogP contribution in [-0.4, -0.2) is 35.2 Å². The number of hydrogen-bond donors (Lipinski definition) is 3. The predicted octanol–water partition coefficient (Wildman–Crippen LogP) is -0.715. The molecule has 7 heteroatoms. The normalized spacial score (nSPS) is 9.67. The number of carbonyl (C=O) groups is 2. The van der Waals surface area contributed by atoms with E-state index in [0.717, 1.165) is 0 Å². The largest absolute Gasteiger partial charge is 0.465 e. The second kappa shape index (κ2) is 4.99. The molecule has 0 aromatic carbocycles. The van der Waals surface area contributed by atoms with Gasteiger partial charge in [0.15, 0.2) is 0 Å². The SMILES string of the molecule is CCOC(=O)CNC(=O)c1cc(N)n[nH]1. The molecule has 15 heavy (non-hydrogen) atoms. The summed E-state index contributed by atoms with van der Waals surface area (Å²) in [7, 11) is 0. The minimum absolute atomic E-state index is 0.175. The van der Waals surface area contributed by atoms with Gasteiger partial charge in [-0.05, 0) is 6.92 Å². The first-order valence-electron chi connectivity index (χ1n) is 4.38. The van der Waals surface area contributed by atoms with Gasteiger partial charge in [-0.2, -0.15) is 5.10 Å². The van der Waals surface area contributed by atoms with E-state index in [1.54, 1.807) is 6.92 Å². The van der Waals surface area contributed by atoms with Crippen molar-refractivity contribution in [3.63, 3.8) is 0 Å². The molecule has 0 unspecified atom stereocenters. The van der Waals surface area contributed by atoms with Gasteiger partial charge in [-0.25, -0.2) is 0 Å². The highest BCUT2D eigenvalue weighted by molar-refractivity contribution is 5.94.